The first kappa shape index (κ1) is 21.0. The molecule has 1 saturated heterocycles. The molecule has 11 heteroatoms. The van der Waals surface area contributed by atoms with E-state index in [4.69, 9.17) is 10.5 Å². The monoisotopic (exact) mass is 399 g/mol. The van der Waals surface area contributed by atoms with E-state index in [-0.39, 0.29) is 41.3 Å². The lowest BCUT2D eigenvalue weighted by molar-refractivity contribution is 0.414. The highest BCUT2D eigenvalue weighted by atomic mass is 35.5. The van der Waals surface area contributed by atoms with E-state index in [2.05, 4.69) is 4.72 Å². The molecule has 1 fully saturated rings. The molecule has 1 aromatic rings. The number of hydrogen-bond acceptors (Lipinski definition) is 6. The minimum atomic E-state index is -3.84. The molecule has 1 atom stereocenters. The summed E-state index contributed by atoms with van der Waals surface area (Å²) >= 11 is 0. The zero-order chi connectivity index (χ0) is 17.3. The summed E-state index contributed by atoms with van der Waals surface area (Å²) in [6.07, 6.45) is 0.575. The predicted molar refractivity (Wildman–Crippen MR) is 94.7 cm³/mol. The van der Waals surface area contributed by atoms with Crippen molar-refractivity contribution in [3.8, 4) is 5.75 Å². The van der Waals surface area contributed by atoms with Crippen LogP contribution in [0, 0.1) is 0 Å². The van der Waals surface area contributed by atoms with Crippen molar-refractivity contribution < 1.29 is 21.6 Å². The van der Waals surface area contributed by atoms with Crippen LogP contribution in [0.3, 0.4) is 0 Å². The number of rotatable bonds is 6. The van der Waals surface area contributed by atoms with Crippen LogP contribution in [-0.2, 0) is 20.0 Å². The van der Waals surface area contributed by atoms with Crippen molar-refractivity contribution in [2.45, 2.75) is 24.3 Å². The van der Waals surface area contributed by atoms with Gasteiger partial charge in [-0.05, 0) is 25.5 Å². The summed E-state index contributed by atoms with van der Waals surface area (Å²) in [4.78, 5) is -0.107. The number of methoxy groups -OCH3 is 1. The maximum Gasteiger partial charge on any atom is 0.245 e. The smallest absolute Gasteiger partial charge is 0.245 e. The highest BCUT2D eigenvalue weighted by Gasteiger charge is 2.33. The molecule has 2 rings (SSSR count). The SMILES string of the molecule is CCS(=O)(=O)Nc1cc(OC)ccc1S(=O)(=O)N1CC[C@@H](N)C1.Cl. The first-order valence-electron chi connectivity index (χ1n) is 7.14. The van der Waals surface area contributed by atoms with Crippen molar-refractivity contribution >= 4 is 38.1 Å². The van der Waals surface area contributed by atoms with Crippen LogP contribution >= 0.6 is 12.4 Å². The Labute approximate surface area is 148 Å². The summed E-state index contributed by atoms with van der Waals surface area (Å²) in [6, 6.07) is 3.97. The lowest BCUT2D eigenvalue weighted by atomic mass is 10.3. The molecule has 1 heterocycles. The van der Waals surface area contributed by atoms with Gasteiger partial charge in [0.1, 0.15) is 10.6 Å². The molecule has 1 aliphatic rings. The number of hydrogen-bond donors (Lipinski definition) is 2. The van der Waals surface area contributed by atoms with E-state index >= 15 is 0 Å². The van der Waals surface area contributed by atoms with Gasteiger partial charge in [-0.2, -0.15) is 4.31 Å². The van der Waals surface area contributed by atoms with Gasteiger partial charge in [-0.1, -0.05) is 0 Å². The van der Waals surface area contributed by atoms with Crippen molar-refractivity contribution in [1.29, 1.82) is 0 Å². The van der Waals surface area contributed by atoms with Crippen molar-refractivity contribution in [1.82, 2.24) is 4.31 Å². The van der Waals surface area contributed by atoms with Gasteiger partial charge >= 0.3 is 0 Å². The van der Waals surface area contributed by atoms with Crippen LogP contribution in [0.15, 0.2) is 23.1 Å². The van der Waals surface area contributed by atoms with Crippen molar-refractivity contribution in [3.63, 3.8) is 0 Å². The van der Waals surface area contributed by atoms with Crippen LogP contribution < -0.4 is 15.2 Å². The van der Waals surface area contributed by atoms with Gasteiger partial charge in [0.05, 0.1) is 18.6 Å². The fraction of sp³-hybridized carbons (Fsp3) is 0.538. The molecule has 0 spiro atoms. The first-order chi connectivity index (χ1) is 10.7. The Morgan fingerprint density at radius 1 is 1.33 bits per heavy atom. The summed E-state index contributed by atoms with van der Waals surface area (Å²) in [5.41, 5.74) is 5.75. The first-order valence-corrected chi connectivity index (χ1v) is 10.2. The Morgan fingerprint density at radius 2 is 2.00 bits per heavy atom. The van der Waals surface area contributed by atoms with E-state index in [9.17, 15) is 16.8 Å². The molecule has 1 aliphatic heterocycles. The molecular formula is C13H22ClN3O5S2. The van der Waals surface area contributed by atoms with Crippen molar-refractivity contribution in [2.24, 2.45) is 5.73 Å². The van der Waals surface area contributed by atoms with Gasteiger partial charge in [-0.3, -0.25) is 4.72 Å². The summed E-state index contributed by atoms with van der Waals surface area (Å²) in [6.45, 7) is 2.00. The van der Waals surface area contributed by atoms with E-state index in [1.54, 1.807) is 0 Å². The van der Waals surface area contributed by atoms with Crippen LogP contribution in [-0.4, -0.2) is 53.1 Å². The third kappa shape index (κ3) is 4.51. The maximum atomic E-state index is 12.8. The van der Waals surface area contributed by atoms with Crippen LogP contribution in [0.4, 0.5) is 5.69 Å². The topological polar surface area (TPSA) is 119 Å². The zero-order valence-electron chi connectivity index (χ0n) is 13.4. The van der Waals surface area contributed by atoms with Crippen LogP contribution in [0.2, 0.25) is 0 Å². The van der Waals surface area contributed by atoms with Gasteiger partial charge < -0.3 is 10.5 Å². The summed E-state index contributed by atoms with van der Waals surface area (Å²) in [7, 11) is -6.05. The Bertz CT molecular complexity index is 783. The Balaban J connectivity index is 0.00000288. The second-order valence-electron chi connectivity index (χ2n) is 5.28. The molecule has 0 aliphatic carbocycles. The maximum absolute atomic E-state index is 12.8. The van der Waals surface area contributed by atoms with E-state index in [0.29, 0.717) is 18.7 Å². The summed E-state index contributed by atoms with van der Waals surface area (Å²) in [5, 5.41) is 0. The fourth-order valence-electron chi connectivity index (χ4n) is 2.29. The van der Waals surface area contributed by atoms with Gasteiger partial charge in [0, 0.05) is 25.2 Å². The number of anilines is 1. The second kappa shape index (κ2) is 7.87. The van der Waals surface area contributed by atoms with Crippen LogP contribution in [0.25, 0.3) is 0 Å². The number of nitrogens with two attached hydrogens (primary N) is 1. The average molecular weight is 400 g/mol. The normalized spacial score (nSPS) is 18.9. The van der Waals surface area contributed by atoms with Gasteiger partial charge in [0.15, 0.2) is 0 Å². The quantitative estimate of drug-likeness (QED) is 0.723. The van der Waals surface area contributed by atoms with Crippen LogP contribution in [0.1, 0.15) is 13.3 Å². The molecule has 8 nitrogen and oxygen atoms in total. The largest absolute Gasteiger partial charge is 0.497 e. The second-order valence-corrected chi connectivity index (χ2v) is 9.20. The van der Waals surface area contributed by atoms with Crippen LogP contribution in [0.5, 0.6) is 5.75 Å². The number of nitrogens with one attached hydrogen (secondary N) is 1. The molecule has 0 aromatic heterocycles. The van der Waals surface area contributed by atoms with Gasteiger partial charge in [0.2, 0.25) is 20.0 Å². The number of halogens is 1. The highest BCUT2D eigenvalue weighted by Crippen LogP contribution is 2.31. The van der Waals surface area contributed by atoms with Crippen molar-refractivity contribution in [2.75, 3.05) is 30.7 Å². The van der Waals surface area contributed by atoms with Gasteiger partial charge in [0.25, 0.3) is 0 Å². The fourth-order valence-corrected chi connectivity index (χ4v) is 4.64. The lowest BCUT2D eigenvalue weighted by Crippen LogP contribution is -2.32. The van der Waals surface area contributed by atoms with E-state index in [0.717, 1.165) is 0 Å². The molecule has 0 unspecified atom stereocenters. The molecular weight excluding hydrogens is 378 g/mol. The highest BCUT2D eigenvalue weighted by molar-refractivity contribution is 7.93. The third-order valence-corrected chi connectivity index (χ3v) is 6.85. The number of sulfonamides is 2. The molecule has 3 N–H and O–H groups in total. The standard InChI is InChI=1S/C13H21N3O5S2.ClH/c1-3-22(17,18)15-12-8-11(21-2)4-5-13(12)23(19,20)16-7-6-10(14)9-16;/h4-5,8,10,15H,3,6-7,9,14H2,1-2H3;1H/t10-;/m1./s1. The molecule has 138 valence electrons. The summed E-state index contributed by atoms with van der Waals surface area (Å²) < 4.78 is 57.8. The summed E-state index contributed by atoms with van der Waals surface area (Å²) in [5.74, 6) is 0.189. The molecule has 0 saturated carbocycles. The Morgan fingerprint density at radius 3 is 2.50 bits per heavy atom. The predicted octanol–water partition coefficient (Wildman–Crippen LogP) is 0.600. The third-order valence-electron chi connectivity index (χ3n) is 3.64. The Hall–Kier alpha value is -1.07. The van der Waals surface area contributed by atoms with E-state index in [1.165, 1.54) is 36.5 Å². The van der Waals surface area contributed by atoms with Crippen molar-refractivity contribution in [3.05, 3.63) is 18.2 Å². The average Bonchev–Trinajstić information content (AvgIpc) is 2.94. The Kier molecular flexibility index (Phi) is 6.88. The number of nitrogens with zero attached hydrogens (tertiary/aromatic N) is 1. The van der Waals surface area contributed by atoms with E-state index < -0.39 is 20.0 Å². The van der Waals surface area contributed by atoms with Gasteiger partial charge in [-0.15, -0.1) is 12.4 Å². The van der Waals surface area contributed by atoms with Gasteiger partial charge in [-0.25, -0.2) is 16.8 Å². The number of ether oxygens (including phenoxy) is 1. The molecule has 1 aromatic carbocycles. The minimum Gasteiger partial charge on any atom is -0.497 e. The molecule has 0 amide bonds. The molecule has 0 radical (unpaired) electrons. The number of benzene rings is 1. The lowest BCUT2D eigenvalue weighted by Gasteiger charge is -2.19. The zero-order valence-corrected chi connectivity index (χ0v) is 15.9. The van der Waals surface area contributed by atoms with E-state index in [1.807, 2.05) is 0 Å². The molecule has 24 heavy (non-hydrogen) atoms. The minimum absolute atomic E-state index is 0. The molecule has 0 bridgehead atoms.